The summed E-state index contributed by atoms with van der Waals surface area (Å²) in [6.07, 6.45) is 4.17. The Bertz CT molecular complexity index is 1050. The summed E-state index contributed by atoms with van der Waals surface area (Å²) in [7, 11) is 0. The number of anilines is 1. The number of hydrogen-bond acceptors (Lipinski definition) is 3. The Labute approximate surface area is 191 Å². The van der Waals surface area contributed by atoms with E-state index in [-0.39, 0.29) is 17.6 Å². The molecule has 1 heterocycles. The summed E-state index contributed by atoms with van der Waals surface area (Å²) in [6, 6.07) is 21.5. The fourth-order valence-electron chi connectivity index (χ4n) is 3.62. The van der Waals surface area contributed by atoms with Crippen LogP contribution >= 0.6 is 0 Å². The molecule has 4 heteroatoms. The van der Waals surface area contributed by atoms with Crippen molar-refractivity contribution in [1.29, 1.82) is 0 Å². The number of hydrazine groups is 1. The van der Waals surface area contributed by atoms with Crippen molar-refractivity contribution >= 4 is 5.69 Å². The van der Waals surface area contributed by atoms with E-state index in [1.807, 2.05) is 50.2 Å². The molecule has 0 aromatic heterocycles. The largest absolute Gasteiger partial charge is 0.486 e. The van der Waals surface area contributed by atoms with Gasteiger partial charge in [-0.25, -0.2) is 9.82 Å². The van der Waals surface area contributed by atoms with Crippen molar-refractivity contribution in [2.24, 2.45) is 0 Å². The van der Waals surface area contributed by atoms with Gasteiger partial charge in [0.1, 0.15) is 6.61 Å². The van der Waals surface area contributed by atoms with Crippen LogP contribution in [-0.2, 0) is 6.61 Å². The molecule has 168 valence electrons. The van der Waals surface area contributed by atoms with E-state index in [0.29, 0.717) is 12.5 Å². The monoisotopic (exact) mass is 432 g/mol. The van der Waals surface area contributed by atoms with Crippen LogP contribution in [0.25, 0.3) is 11.1 Å². The predicted octanol–water partition coefficient (Wildman–Crippen LogP) is 7.45. The smallest absolute Gasteiger partial charge is 0.165 e. The maximum Gasteiger partial charge on any atom is 0.165 e. The molecular weight excluding hydrogens is 399 g/mol. The van der Waals surface area contributed by atoms with E-state index in [1.54, 1.807) is 12.1 Å². The fourth-order valence-corrected chi connectivity index (χ4v) is 3.62. The minimum atomic E-state index is -0.356. The van der Waals surface area contributed by atoms with Gasteiger partial charge < -0.3 is 4.74 Å². The van der Waals surface area contributed by atoms with E-state index in [9.17, 15) is 4.39 Å². The lowest BCUT2D eigenvalue weighted by Gasteiger charge is -2.24. The van der Waals surface area contributed by atoms with Crippen molar-refractivity contribution in [1.82, 2.24) is 5.43 Å². The zero-order valence-corrected chi connectivity index (χ0v) is 19.6. The summed E-state index contributed by atoms with van der Waals surface area (Å²) >= 11 is 0. The van der Waals surface area contributed by atoms with E-state index >= 15 is 0 Å². The molecule has 0 saturated heterocycles. The molecule has 1 aliphatic rings. The predicted molar refractivity (Wildman–Crippen MR) is 132 cm³/mol. The van der Waals surface area contributed by atoms with Crippen LogP contribution in [0.5, 0.6) is 5.75 Å². The molecule has 0 saturated carbocycles. The molecule has 3 aromatic carbocycles. The highest BCUT2D eigenvalue weighted by molar-refractivity contribution is 5.72. The first kappa shape index (κ1) is 23.6. The SMILES string of the molecule is CC.CC1C=CN(c2cc(-c3ccc(OCc4ccccc4)c(F)c3)ccc2C(C)C)N1. The lowest BCUT2D eigenvalue weighted by atomic mass is 9.96. The normalized spacial score (nSPS) is 15.0. The molecule has 3 aromatic rings. The number of rotatable bonds is 6. The van der Waals surface area contributed by atoms with Crippen LogP contribution < -0.4 is 15.2 Å². The summed E-state index contributed by atoms with van der Waals surface area (Å²) in [5.41, 5.74) is 8.57. The van der Waals surface area contributed by atoms with Crippen molar-refractivity contribution in [3.63, 3.8) is 0 Å². The third kappa shape index (κ3) is 5.57. The van der Waals surface area contributed by atoms with Gasteiger partial charge in [0, 0.05) is 12.2 Å². The van der Waals surface area contributed by atoms with Crippen LogP contribution in [0.15, 0.2) is 79.0 Å². The van der Waals surface area contributed by atoms with Crippen LogP contribution in [0.2, 0.25) is 0 Å². The third-order valence-corrected chi connectivity index (χ3v) is 5.28. The molecular formula is C28H33FN2O. The number of nitrogens with one attached hydrogen (secondary N) is 1. The molecule has 0 aliphatic carbocycles. The summed E-state index contributed by atoms with van der Waals surface area (Å²) in [4.78, 5) is 0. The molecule has 4 rings (SSSR count). The maximum atomic E-state index is 14.7. The molecule has 32 heavy (non-hydrogen) atoms. The van der Waals surface area contributed by atoms with Crippen LogP contribution in [-0.4, -0.2) is 6.04 Å². The maximum absolute atomic E-state index is 14.7. The van der Waals surface area contributed by atoms with E-state index in [2.05, 4.69) is 61.7 Å². The lowest BCUT2D eigenvalue weighted by Crippen LogP contribution is -2.34. The summed E-state index contributed by atoms with van der Waals surface area (Å²) < 4.78 is 20.4. The minimum Gasteiger partial charge on any atom is -0.486 e. The summed E-state index contributed by atoms with van der Waals surface area (Å²) in [6.45, 7) is 10.8. The van der Waals surface area contributed by atoms with Crippen molar-refractivity contribution < 1.29 is 9.13 Å². The van der Waals surface area contributed by atoms with E-state index < -0.39 is 0 Å². The highest BCUT2D eigenvalue weighted by atomic mass is 19.1. The number of benzene rings is 3. The van der Waals surface area contributed by atoms with Gasteiger partial charge in [-0.1, -0.05) is 76.2 Å². The second kappa shape index (κ2) is 11.0. The van der Waals surface area contributed by atoms with Gasteiger partial charge in [-0.15, -0.1) is 0 Å². The zero-order valence-electron chi connectivity index (χ0n) is 19.6. The van der Waals surface area contributed by atoms with Gasteiger partial charge in [0.2, 0.25) is 0 Å². The van der Waals surface area contributed by atoms with Crippen LogP contribution in [0.4, 0.5) is 10.1 Å². The van der Waals surface area contributed by atoms with Crippen molar-refractivity contribution in [2.75, 3.05) is 5.01 Å². The molecule has 1 unspecified atom stereocenters. The minimum absolute atomic E-state index is 0.264. The quantitative estimate of drug-likeness (QED) is 0.438. The highest BCUT2D eigenvalue weighted by Gasteiger charge is 2.18. The number of hydrogen-bond donors (Lipinski definition) is 1. The molecule has 0 bridgehead atoms. The van der Waals surface area contributed by atoms with Gasteiger partial charge >= 0.3 is 0 Å². The molecule has 0 radical (unpaired) electrons. The first-order valence-corrected chi connectivity index (χ1v) is 11.4. The number of nitrogens with zero attached hydrogens (tertiary/aromatic N) is 1. The Morgan fingerprint density at radius 1 is 0.969 bits per heavy atom. The fraction of sp³-hybridized carbons (Fsp3) is 0.286. The van der Waals surface area contributed by atoms with Crippen molar-refractivity contribution in [3.05, 3.63) is 96.0 Å². The van der Waals surface area contributed by atoms with Crippen LogP contribution in [0, 0.1) is 5.82 Å². The molecule has 0 amide bonds. The van der Waals surface area contributed by atoms with Gasteiger partial charge in [-0.05, 0) is 59.4 Å². The molecule has 3 nitrogen and oxygen atoms in total. The first-order valence-electron chi connectivity index (χ1n) is 11.4. The Kier molecular flexibility index (Phi) is 8.07. The average Bonchev–Trinajstić information content (AvgIpc) is 3.26. The van der Waals surface area contributed by atoms with Crippen LogP contribution in [0.3, 0.4) is 0 Å². The second-order valence-corrected chi connectivity index (χ2v) is 7.98. The van der Waals surface area contributed by atoms with E-state index in [0.717, 1.165) is 22.4 Å². The average molecular weight is 433 g/mol. The van der Waals surface area contributed by atoms with Gasteiger partial charge in [0.05, 0.1) is 5.69 Å². The number of ether oxygens (including phenoxy) is 1. The summed E-state index contributed by atoms with van der Waals surface area (Å²) in [5, 5.41) is 2.05. The molecule has 1 aliphatic heterocycles. The van der Waals surface area contributed by atoms with Crippen LogP contribution in [0.1, 0.15) is 51.7 Å². The highest BCUT2D eigenvalue weighted by Crippen LogP contribution is 2.34. The van der Waals surface area contributed by atoms with E-state index in [4.69, 9.17) is 4.74 Å². The second-order valence-electron chi connectivity index (χ2n) is 7.98. The third-order valence-electron chi connectivity index (χ3n) is 5.28. The van der Waals surface area contributed by atoms with Gasteiger partial charge in [-0.3, -0.25) is 5.01 Å². The topological polar surface area (TPSA) is 24.5 Å². The van der Waals surface area contributed by atoms with Crippen molar-refractivity contribution in [2.45, 2.75) is 53.2 Å². The molecule has 0 fully saturated rings. The Morgan fingerprint density at radius 2 is 1.66 bits per heavy atom. The number of halogens is 1. The standard InChI is InChI=1S/C26H27FN2O.C2H6/c1-18(2)23-11-9-22(16-25(23)29-14-13-19(3)28-29)21-10-12-26(24(27)15-21)30-17-20-7-5-4-6-8-20;1-2/h4-16,18-19,28H,17H2,1-3H3;1-2H3. The van der Waals surface area contributed by atoms with Crippen molar-refractivity contribution in [3.8, 4) is 16.9 Å². The zero-order chi connectivity index (χ0) is 23.1. The molecule has 1 N–H and O–H groups in total. The molecule has 1 atom stereocenters. The van der Waals surface area contributed by atoms with Gasteiger partial charge in [-0.2, -0.15) is 0 Å². The lowest BCUT2D eigenvalue weighted by molar-refractivity contribution is 0.290. The van der Waals surface area contributed by atoms with E-state index in [1.165, 1.54) is 5.56 Å². The first-order chi connectivity index (χ1) is 15.5. The molecule has 0 spiro atoms. The Morgan fingerprint density at radius 3 is 2.28 bits per heavy atom. The van der Waals surface area contributed by atoms with Gasteiger partial charge in [0.25, 0.3) is 0 Å². The Balaban J connectivity index is 0.00000141. The van der Waals surface area contributed by atoms with Gasteiger partial charge in [0.15, 0.2) is 11.6 Å². The Hall–Kier alpha value is -3.11. The summed E-state index contributed by atoms with van der Waals surface area (Å²) in [5.74, 6) is 0.288.